The topological polar surface area (TPSA) is 57.8 Å². The summed E-state index contributed by atoms with van der Waals surface area (Å²) in [5.41, 5.74) is 3.08. The highest BCUT2D eigenvalue weighted by atomic mass is 16.5. The Morgan fingerprint density at radius 3 is 2.67 bits per heavy atom. The number of carbonyl (C=O) groups is 1. The summed E-state index contributed by atoms with van der Waals surface area (Å²) in [7, 11) is 5.35. The first-order chi connectivity index (χ1) is 13.0. The molecular formula is C21H29N3O3. The van der Waals surface area contributed by atoms with Gasteiger partial charge in [0.1, 0.15) is 0 Å². The van der Waals surface area contributed by atoms with Crippen molar-refractivity contribution in [2.75, 3.05) is 47.4 Å². The summed E-state index contributed by atoms with van der Waals surface area (Å²) in [5.74, 6) is 1.41. The molecule has 0 saturated carbocycles. The van der Waals surface area contributed by atoms with Crippen LogP contribution in [0.25, 0.3) is 16.5 Å². The SMILES string of the molecule is CCN(CC)C(=O)C1C=C(c2c(OC)c(OC)cc3[nH]ccc23)CN(C)C1. The molecule has 1 N–H and O–H groups in total. The summed E-state index contributed by atoms with van der Waals surface area (Å²) in [6.07, 6.45) is 4.03. The van der Waals surface area contributed by atoms with Gasteiger partial charge in [-0.15, -0.1) is 0 Å². The van der Waals surface area contributed by atoms with Gasteiger partial charge in [0, 0.05) is 54.9 Å². The molecule has 6 heteroatoms. The molecule has 1 aromatic carbocycles. The van der Waals surface area contributed by atoms with Gasteiger partial charge in [0.15, 0.2) is 11.5 Å². The van der Waals surface area contributed by atoms with E-state index < -0.39 is 0 Å². The normalized spacial score (nSPS) is 17.7. The average molecular weight is 371 g/mol. The number of rotatable bonds is 6. The Kier molecular flexibility index (Phi) is 5.75. The lowest BCUT2D eigenvalue weighted by molar-refractivity contribution is -0.134. The molecule has 146 valence electrons. The average Bonchev–Trinajstić information content (AvgIpc) is 3.14. The summed E-state index contributed by atoms with van der Waals surface area (Å²) >= 11 is 0. The van der Waals surface area contributed by atoms with Gasteiger partial charge in [0.2, 0.25) is 5.91 Å². The monoisotopic (exact) mass is 371 g/mol. The summed E-state index contributed by atoms with van der Waals surface area (Å²) in [4.78, 5) is 20.3. The van der Waals surface area contributed by atoms with E-state index in [4.69, 9.17) is 9.47 Å². The van der Waals surface area contributed by atoms with E-state index >= 15 is 0 Å². The molecule has 0 radical (unpaired) electrons. The van der Waals surface area contributed by atoms with E-state index in [1.54, 1.807) is 14.2 Å². The third-order valence-corrected chi connectivity index (χ3v) is 5.26. The van der Waals surface area contributed by atoms with Crippen LogP contribution in [0, 0.1) is 5.92 Å². The van der Waals surface area contributed by atoms with Crippen molar-refractivity contribution in [3.63, 3.8) is 0 Å². The lowest BCUT2D eigenvalue weighted by Crippen LogP contribution is -2.42. The maximum absolute atomic E-state index is 13.0. The number of aromatic nitrogens is 1. The fraction of sp³-hybridized carbons (Fsp3) is 0.476. The van der Waals surface area contributed by atoms with E-state index in [0.29, 0.717) is 11.5 Å². The largest absolute Gasteiger partial charge is 0.493 e. The first-order valence-electron chi connectivity index (χ1n) is 9.44. The molecule has 27 heavy (non-hydrogen) atoms. The van der Waals surface area contributed by atoms with Crippen molar-refractivity contribution in [3.05, 3.63) is 30.0 Å². The van der Waals surface area contributed by atoms with Crippen molar-refractivity contribution in [1.82, 2.24) is 14.8 Å². The summed E-state index contributed by atoms with van der Waals surface area (Å²) in [6.45, 7) is 6.97. The Bertz CT molecular complexity index is 852. The third kappa shape index (κ3) is 3.54. The number of aromatic amines is 1. The van der Waals surface area contributed by atoms with Crippen LogP contribution in [0.3, 0.4) is 0 Å². The van der Waals surface area contributed by atoms with Crippen LogP contribution < -0.4 is 9.47 Å². The minimum atomic E-state index is -0.163. The van der Waals surface area contributed by atoms with Gasteiger partial charge in [-0.2, -0.15) is 0 Å². The second kappa shape index (κ2) is 8.05. The number of carbonyl (C=O) groups excluding carboxylic acids is 1. The predicted octanol–water partition coefficient (Wildman–Crippen LogP) is 3.00. The van der Waals surface area contributed by atoms with Crippen LogP contribution in [0.1, 0.15) is 19.4 Å². The van der Waals surface area contributed by atoms with Crippen molar-refractivity contribution >= 4 is 22.4 Å². The third-order valence-electron chi connectivity index (χ3n) is 5.26. The van der Waals surface area contributed by atoms with Crippen LogP contribution >= 0.6 is 0 Å². The summed E-state index contributed by atoms with van der Waals surface area (Å²) < 4.78 is 11.3. The second-order valence-corrected chi connectivity index (χ2v) is 6.93. The van der Waals surface area contributed by atoms with Gasteiger partial charge in [-0.25, -0.2) is 0 Å². The van der Waals surface area contributed by atoms with Gasteiger partial charge in [-0.05, 0) is 32.5 Å². The summed E-state index contributed by atoms with van der Waals surface area (Å²) in [6, 6.07) is 3.99. The predicted molar refractivity (Wildman–Crippen MR) is 108 cm³/mol. The Hall–Kier alpha value is -2.47. The van der Waals surface area contributed by atoms with E-state index in [0.717, 1.165) is 48.2 Å². The molecule has 2 heterocycles. The molecule has 1 atom stereocenters. The van der Waals surface area contributed by atoms with Crippen LogP contribution in [0.4, 0.5) is 0 Å². The van der Waals surface area contributed by atoms with E-state index in [2.05, 4.69) is 23.0 Å². The maximum atomic E-state index is 13.0. The Morgan fingerprint density at radius 2 is 2.04 bits per heavy atom. The molecule has 0 bridgehead atoms. The summed E-state index contributed by atoms with van der Waals surface area (Å²) in [5, 5.41) is 1.07. The zero-order valence-corrected chi connectivity index (χ0v) is 16.8. The lowest BCUT2D eigenvalue weighted by Gasteiger charge is -2.32. The number of nitrogens with zero attached hydrogens (tertiary/aromatic N) is 2. The zero-order chi connectivity index (χ0) is 19.6. The number of H-pyrrole nitrogens is 1. The first kappa shape index (κ1) is 19.3. The number of fused-ring (bicyclic) bond motifs is 1. The van der Waals surface area contributed by atoms with Gasteiger partial charge in [0.05, 0.1) is 20.1 Å². The molecule has 0 fully saturated rings. The Balaban J connectivity index is 2.14. The number of nitrogens with one attached hydrogen (secondary N) is 1. The quantitative estimate of drug-likeness (QED) is 0.848. The van der Waals surface area contributed by atoms with Crippen molar-refractivity contribution in [3.8, 4) is 11.5 Å². The molecule has 6 nitrogen and oxygen atoms in total. The van der Waals surface area contributed by atoms with Crippen molar-refractivity contribution in [1.29, 1.82) is 0 Å². The molecule has 1 aromatic heterocycles. The smallest absolute Gasteiger partial charge is 0.230 e. The van der Waals surface area contributed by atoms with E-state index in [1.165, 1.54) is 0 Å². The van der Waals surface area contributed by atoms with Gasteiger partial charge >= 0.3 is 0 Å². The fourth-order valence-corrected chi connectivity index (χ4v) is 3.96. The lowest BCUT2D eigenvalue weighted by atomic mass is 9.91. The number of hydrogen-bond acceptors (Lipinski definition) is 4. The van der Waals surface area contributed by atoms with Crippen LogP contribution in [-0.2, 0) is 4.79 Å². The molecule has 1 amide bonds. The number of amides is 1. The van der Waals surface area contributed by atoms with Gasteiger partial charge in [-0.3, -0.25) is 4.79 Å². The van der Waals surface area contributed by atoms with E-state index in [1.807, 2.05) is 37.1 Å². The molecule has 1 unspecified atom stereocenters. The van der Waals surface area contributed by atoms with Crippen LogP contribution in [0.5, 0.6) is 11.5 Å². The molecule has 1 aliphatic heterocycles. The highest BCUT2D eigenvalue weighted by Gasteiger charge is 2.29. The van der Waals surface area contributed by atoms with Crippen LogP contribution in [0.15, 0.2) is 24.4 Å². The highest BCUT2D eigenvalue weighted by Crippen LogP contribution is 2.42. The molecular weight excluding hydrogens is 342 g/mol. The molecule has 0 saturated heterocycles. The van der Waals surface area contributed by atoms with Crippen LogP contribution in [-0.4, -0.2) is 68.1 Å². The molecule has 0 spiro atoms. The maximum Gasteiger partial charge on any atom is 0.230 e. The Labute approximate surface area is 160 Å². The van der Waals surface area contributed by atoms with Crippen molar-refractivity contribution in [2.24, 2.45) is 5.92 Å². The van der Waals surface area contributed by atoms with Crippen molar-refractivity contribution in [2.45, 2.75) is 13.8 Å². The minimum absolute atomic E-state index is 0.163. The zero-order valence-electron chi connectivity index (χ0n) is 16.8. The minimum Gasteiger partial charge on any atom is -0.493 e. The number of hydrogen-bond donors (Lipinski definition) is 1. The van der Waals surface area contributed by atoms with E-state index in [-0.39, 0.29) is 11.8 Å². The fourth-order valence-electron chi connectivity index (χ4n) is 3.96. The number of ether oxygens (including phenoxy) is 2. The van der Waals surface area contributed by atoms with Gasteiger partial charge in [0.25, 0.3) is 0 Å². The van der Waals surface area contributed by atoms with Gasteiger partial charge in [-0.1, -0.05) is 6.08 Å². The highest BCUT2D eigenvalue weighted by molar-refractivity contribution is 5.98. The van der Waals surface area contributed by atoms with E-state index in [9.17, 15) is 4.79 Å². The standard InChI is InChI=1S/C21H29N3O3/c1-6-24(7-2)21(25)15-10-14(12-23(3)13-15)19-16-8-9-22-17(16)11-18(26-4)20(19)27-5/h8-11,15,22H,6-7,12-13H2,1-5H3. The molecule has 1 aliphatic rings. The van der Waals surface area contributed by atoms with Crippen LogP contribution in [0.2, 0.25) is 0 Å². The Morgan fingerprint density at radius 1 is 1.30 bits per heavy atom. The molecule has 0 aliphatic carbocycles. The first-order valence-corrected chi connectivity index (χ1v) is 9.44. The van der Waals surface area contributed by atoms with Crippen molar-refractivity contribution < 1.29 is 14.3 Å². The number of benzene rings is 1. The number of methoxy groups -OCH3 is 2. The number of likely N-dealkylation sites (N-methyl/N-ethyl adjacent to an activating group) is 1. The second-order valence-electron chi connectivity index (χ2n) is 6.93. The molecule has 3 rings (SSSR count). The van der Waals surface area contributed by atoms with Gasteiger partial charge < -0.3 is 24.3 Å². The molecule has 2 aromatic rings.